The first kappa shape index (κ1) is 15.9. The Hall–Kier alpha value is -2.45. The van der Waals surface area contributed by atoms with Gasteiger partial charge in [-0.3, -0.25) is 4.79 Å². The number of aromatic nitrogens is 1. The minimum Gasteiger partial charge on any atom is -0.377 e. The van der Waals surface area contributed by atoms with Crippen LogP contribution in [-0.4, -0.2) is 11.6 Å². The van der Waals surface area contributed by atoms with Gasteiger partial charge in [0, 0.05) is 17.9 Å². The maximum Gasteiger partial charge on any atom is 0.266 e. The molecule has 0 radical (unpaired) electrons. The van der Waals surface area contributed by atoms with E-state index in [0.29, 0.717) is 29.0 Å². The highest BCUT2D eigenvalue weighted by Crippen LogP contribution is 2.27. The highest BCUT2D eigenvalue weighted by atomic mass is 19.1. The summed E-state index contributed by atoms with van der Waals surface area (Å²) in [6.07, 6.45) is 0.859. The molecule has 2 aromatic rings. The van der Waals surface area contributed by atoms with Gasteiger partial charge < -0.3 is 9.72 Å². The maximum atomic E-state index is 13.5. The average Bonchev–Trinajstić information content (AvgIpc) is 2.47. The number of benzene rings is 1. The molecule has 0 fully saturated rings. The number of aromatic amines is 1. The summed E-state index contributed by atoms with van der Waals surface area (Å²) in [5, 5.41) is 9.24. The molecule has 0 bridgehead atoms. The van der Waals surface area contributed by atoms with Gasteiger partial charge >= 0.3 is 0 Å². The minimum atomic E-state index is -0.442. The normalized spacial score (nSPS) is 10.5. The van der Waals surface area contributed by atoms with Crippen LogP contribution in [0.15, 0.2) is 29.1 Å². The second kappa shape index (κ2) is 7.01. The molecule has 0 aliphatic heterocycles. The van der Waals surface area contributed by atoms with Crippen LogP contribution in [0.4, 0.5) is 4.39 Å². The Morgan fingerprint density at radius 2 is 2.09 bits per heavy atom. The summed E-state index contributed by atoms with van der Waals surface area (Å²) >= 11 is 0. The van der Waals surface area contributed by atoms with Crippen LogP contribution in [0.2, 0.25) is 0 Å². The van der Waals surface area contributed by atoms with Crippen molar-refractivity contribution in [2.45, 2.75) is 26.9 Å². The maximum absolute atomic E-state index is 13.5. The van der Waals surface area contributed by atoms with Gasteiger partial charge in [-0.1, -0.05) is 13.0 Å². The zero-order valence-electron chi connectivity index (χ0n) is 12.6. The molecule has 4 nitrogen and oxygen atoms in total. The molecule has 0 atom stereocenters. The fourth-order valence-corrected chi connectivity index (χ4v) is 2.28. The van der Waals surface area contributed by atoms with Gasteiger partial charge in [0.15, 0.2) is 0 Å². The molecule has 0 saturated heterocycles. The summed E-state index contributed by atoms with van der Waals surface area (Å²) < 4.78 is 19.0. The molecule has 0 unspecified atom stereocenters. The number of H-pyrrole nitrogens is 1. The van der Waals surface area contributed by atoms with E-state index in [-0.39, 0.29) is 18.0 Å². The number of halogens is 1. The molecule has 1 aromatic carbocycles. The lowest BCUT2D eigenvalue weighted by molar-refractivity contribution is 0.121. The molecular weight excluding hydrogens is 283 g/mol. The molecular formula is C17H17FN2O2. The fraction of sp³-hybridized carbons (Fsp3) is 0.294. The molecule has 114 valence electrons. The second-order valence-electron chi connectivity index (χ2n) is 5.04. The first-order valence-electron chi connectivity index (χ1n) is 7.07. The van der Waals surface area contributed by atoms with E-state index >= 15 is 0 Å². The molecule has 0 spiro atoms. The van der Waals surface area contributed by atoms with Gasteiger partial charge in [-0.15, -0.1) is 0 Å². The summed E-state index contributed by atoms with van der Waals surface area (Å²) in [5.74, 6) is -0.376. The van der Waals surface area contributed by atoms with Gasteiger partial charge in [0.2, 0.25) is 0 Å². The largest absolute Gasteiger partial charge is 0.377 e. The predicted molar refractivity (Wildman–Crippen MR) is 81.9 cm³/mol. The number of aryl methyl sites for hydroxylation is 1. The second-order valence-corrected chi connectivity index (χ2v) is 5.04. The molecule has 1 aromatic heterocycles. The number of nitrogens with one attached hydrogen (secondary N) is 1. The zero-order chi connectivity index (χ0) is 16.1. The predicted octanol–water partition coefficient (Wildman–Crippen LogP) is 3.29. The summed E-state index contributed by atoms with van der Waals surface area (Å²) in [6.45, 7) is 4.52. The molecule has 0 saturated carbocycles. The standard InChI is InChI=1S/C17H17FN2O2/c1-3-6-22-10-12-8-13(18)4-5-14(12)15-7-11(2)20-17(21)16(15)9-19/h4-5,7-8H,3,6,10H2,1-2H3,(H,20,21). The van der Waals surface area contributed by atoms with Crippen LogP contribution in [0.3, 0.4) is 0 Å². The van der Waals surface area contributed by atoms with Crippen molar-refractivity contribution in [3.63, 3.8) is 0 Å². The van der Waals surface area contributed by atoms with Crippen molar-refractivity contribution in [3.8, 4) is 17.2 Å². The third-order valence-corrected chi connectivity index (χ3v) is 3.24. The van der Waals surface area contributed by atoms with E-state index in [2.05, 4.69) is 4.98 Å². The molecule has 1 heterocycles. The Kier molecular flexibility index (Phi) is 5.08. The first-order valence-corrected chi connectivity index (χ1v) is 7.07. The summed E-state index contributed by atoms with van der Waals surface area (Å²) in [7, 11) is 0. The fourth-order valence-electron chi connectivity index (χ4n) is 2.28. The molecule has 0 aliphatic rings. The highest BCUT2D eigenvalue weighted by Gasteiger charge is 2.14. The third kappa shape index (κ3) is 3.41. The Balaban J connectivity index is 2.58. The summed E-state index contributed by atoms with van der Waals surface area (Å²) in [4.78, 5) is 14.5. The number of ether oxygens (including phenoxy) is 1. The van der Waals surface area contributed by atoms with Crippen molar-refractivity contribution in [1.82, 2.24) is 4.98 Å². The van der Waals surface area contributed by atoms with Crippen molar-refractivity contribution in [2.24, 2.45) is 0 Å². The van der Waals surface area contributed by atoms with E-state index in [1.165, 1.54) is 12.1 Å². The van der Waals surface area contributed by atoms with Crippen molar-refractivity contribution in [2.75, 3.05) is 6.61 Å². The van der Waals surface area contributed by atoms with E-state index in [1.54, 1.807) is 19.1 Å². The van der Waals surface area contributed by atoms with Crippen LogP contribution in [0.5, 0.6) is 0 Å². The number of hydrogen-bond donors (Lipinski definition) is 1. The van der Waals surface area contributed by atoms with E-state index in [9.17, 15) is 14.4 Å². The number of pyridine rings is 1. The summed E-state index contributed by atoms with van der Waals surface area (Å²) in [6, 6.07) is 7.91. The van der Waals surface area contributed by atoms with Gasteiger partial charge in [-0.05, 0) is 42.7 Å². The quantitative estimate of drug-likeness (QED) is 0.862. The van der Waals surface area contributed by atoms with E-state index in [0.717, 1.165) is 6.42 Å². The lowest BCUT2D eigenvalue weighted by Crippen LogP contribution is -2.13. The zero-order valence-corrected chi connectivity index (χ0v) is 12.6. The van der Waals surface area contributed by atoms with Crippen LogP contribution in [0, 0.1) is 24.1 Å². The van der Waals surface area contributed by atoms with E-state index < -0.39 is 5.56 Å². The van der Waals surface area contributed by atoms with E-state index in [1.807, 2.05) is 13.0 Å². The Morgan fingerprint density at radius 1 is 1.32 bits per heavy atom. The average molecular weight is 300 g/mol. The van der Waals surface area contributed by atoms with E-state index in [4.69, 9.17) is 4.74 Å². The van der Waals surface area contributed by atoms with Gasteiger partial charge in [0.1, 0.15) is 17.4 Å². The van der Waals surface area contributed by atoms with Crippen molar-refractivity contribution >= 4 is 0 Å². The molecule has 0 aliphatic carbocycles. The lowest BCUT2D eigenvalue weighted by Gasteiger charge is -2.12. The SMILES string of the molecule is CCCOCc1cc(F)ccc1-c1cc(C)[nH]c(=O)c1C#N. The molecule has 2 rings (SSSR count). The van der Waals surface area contributed by atoms with Crippen molar-refractivity contribution < 1.29 is 9.13 Å². The van der Waals surface area contributed by atoms with Crippen molar-refractivity contribution in [1.29, 1.82) is 5.26 Å². The van der Waals surface area contributed by atoms with Gasteiger partial charge in [0.05, 0.1) is 6.61 Å². The van der Waals surface area contributed by atoms with Crippen molar-refractivity contribution in [3.05, 3.63) is 57.3 Å². The smallest absolute Gasteiger partial charge is 0.266 e. The molecule has 5 heteroatoms. The van der Waals surface area contributed by atoms with Gasteiger partial charge in [-0.25, -0.2) is 4.39 Å². The van der Waals surface area contributed by atoms with Crippen LogP contribution in [0.1, 0.15) is 30.2 Å². The third-order valence-electron chi connectivity index (χ3n) is 3.24. The highest BCUT2D eigenvalue weighted by molar-refractivity contribution is 5.73. The van der Waals surface area contributed by atoms with Crippen LogP contribution < -0.4 is 5.56 Å². The monoisotopic (exact) mass is 300 g/mol. The Morgan fingerprint density at radius 3 is 2.77 bits per heavy atom. The topological polar surface area (TPSA) is 65.9 Å². The molecule has 0 amide bonds. The van der Waals surface area contributed by atoms with Crippen LogP contribution in [-0.2, 0) is 11.3 Å². The minimum absolute atomic E-state index is 0.0222. The molecule has 1 N–H and O–H groups in total. The van der Waals surface area contributed by atoms with Gasteiger partial charge in [-0.2, -0.15) is 5.26 Å². The summed E-state index contributed by atoms with van der Waals surface area (Å²) in [5.41, 5.74) is 1.98. The van der Waals surface area contributed by atoms with Crippen LogP contribution in [0.25, 0.3) is 11.1 Å². The molecule has 22 heavy (non-hydrogen) atoms. The Labute approximate surface area is 128 Å². The first-order chi connectivity index (χ1) is 10.6. The van der Waals surface area contributed by atoms with Gasteiger partial charge in [0.25, 0.3) is 5.56 Å². The van der Waals surface area contributed by atoms with Crippen LogP contribution >= 0.6 is 0 Å². The number of hydrogen-bond acceptors (Lipinski definition) is 3. The number of nitriles is 1. The number of rotatable bonds is 5. The Bertz CT molecular complexity index is 775. The lowest BCUT2D eigenvalue weighted by atomic mass is 9.96. The number of nitrogens with zero attached hydrogens (tertiary/aromatic N) is 1.